The van der Waals surface area contributed by atoms with Gasteiger partial charge in [0.15, 0.2) is 5.78 Å². The van der Waals surface area contributed by atoms with Crippen LogP contribution in [0.15, 0.2) is 42.5 Å². The monoisotopic (exact) mass is 262 g/mol. The van der Waals surface area contributed by atoms with Crippen LogP contribution in [0.5, 0.6) is 0 Å². The fraction of sp³-hybridized carbons (Fsp3) is 0. The SMILES string of the molecule is O=C(O)c1cc(F)ccc1C(=O)c1ccc(F)cc1. The summed E-state index contributed by atoms with van der Waals surface area (Å²) in [5.41, 5.74) is -0.426. The van der Waals surface area contributed by atoms with Gasteiger partial charge in [-0.3, -0.25) is 4.79 Å². The maximum atomic E-state index is 13.0. The molecule has 3 nitrogen and oxygen atoms in total. The Hall–Kier alpha value is -2.56. The average Bonchev–Trinajstić information content (AvgIpc) is 2.38. The van der Waals surface area contributed by atoms with Crippen molar-refractivity contribution in [2.75, 3.05) is 0 Å². The molecule has 19 heavy (non-hydrogen) atoms. The van der Waals surface area contributed by atoms with Crippen LogP contribution in [-0.4, -0.2) is 16.9 Å². The van der Waals surface area contributed by atoms with E-state index in [1.165, 1.54) is 12.1 Å². The minimum absolute atomic E-state index is 0.135. The molecular weight excluding hydrogens is 254 g/mol. The molecule has 0 aliphatic rings. The summed E-state index contributed by atoms with van der Waals surface area (Å²) in [5, 5.41) is 8.95. The maximum absolute atomic E-state index is 13.0. The Balaban J connectivity index is 2.49. The second-order valence-corrected chi connectivity index (χ2v) is 3.83. The number of ketones is 1. The average molecular weight is 262 g/mol. The molecule has 0 atom stereocenters. The summed E-state index contributed by atoms with van der Waals surface area (Å²) >= 11 is 0. The highest BCUT2D eigenvalue weighted by molar-refractivity contribution is 6.14. The lowest BCUT2D eigenvalue weighted by atomic mass is 9.98. The third-order valence-corrected chi connectivity index (χ3v) is 2.56. The number of benzene rings is 2. The van der Waals surface area contributed by atoms with Gasteiger partial charge in [-0.15, -0.1) is 0 Å². The molecule has 2 aromatic carbocycles. The van der Waals surface area contributed by atoms with Crippen molar-refractivity contribution in [3.05, 3.63) is 70.8 Å². The Labute approximate surface area is 107 Å². The van der Waals surface area contributed by atoms with E-state index in [1.807, 2.05) is 0 Å². The normalized spacial score (nSPS) is 10.2. The lowest BCUT2D eigenvalue weighted by molar-refractivity contribution is 0.0692. The number of aromatic carboxylic acids is 1. The van der Waals surface area contributed by atoms with Crippen LogP contribution in [-0.2, 0) is 0 Å². The van der Waals surface area contributed by atoms with Crippen LogP contribution in [0.2, 0.25) is 0 Å². The summed E-state index contributed by atoms with van der Waals surface area (Å²) in [6, 6.07) is 7.56. The molecule has 0 bridgehead atoms. The van der Waals surface area contributed by atoms with Gasteiger partial charge in [0.1, 0.15) is 11.6 Å². The first-order valence-electron chi connectivity index (χ1n) is 5.32. The van der Waals surface area contributed by atoms with Gasteiger partial charge in [0.2, 0.25) is 0 Å². The number of hydrogen-bond donors (Lipinski definition) is 1. The number of rotatable bonds is 3. The van der Waals surface area contributed by atoms with Gasteiger partial charge in [-0.1, -0.05) is 0 Å². The van der Waals surface area contributed by atoms with Crippen molar-refractivity contribution < 1.29 is 23.5 Å². The molecule has 0 aliphatic heterocycles. The van der Waals surface area contributed by atoms with Crippen molar-refractivity contribution in [2.45, 2.75) is 0 Å². The molecule has 2 rings (SSSR count). The summed E-state index contributed by atoms with van der Waals surface area (Å²) in [5.74, 6) is -3.25. The molecule has 1 N–H and O–H groups in total. The van der Waals surface area contributed by atoms with E-state index in [-0.39, 0.29) is 11.1 Å². The van der Waals surface area contributed by atoms with E-state index in [4.69, 9.17) is 5.11 Å². The lowest BCUT2D eigenvalue weighted by Gasteiger charge is -2.05. The predicted molar refractivity (Wildman–Crippen MR) is 63.2 cm³/mol. The van der Waals surface area contributed by atoms with Crippen molar-refractivity contribution in [2.24, 2.45) is 0 Å². The van der Waals surface area contributed by atoms with Crippen LogP contribution in [0, 0.1) is 11.6 Å². The molecule has 0 aliphatic carbocycles. The van der Waals surface area contributed by atoms with E-state index in [0.29, 0.717) is 0 Å². The quantitative estimate of drug-likeness (QED) is 0.865. The van der Waals surface area contributed by atoms with E-state index in [1.54, 1.807) is 0 Å². The maximum Gasteiger partial charge on any atom is 0.336 e. The van der Waals surface area contributed by atoms with Gasteiger partial charge in [-0.2, -0.15) is 0 Å². The number of carboxylic acid groups (broad SMARTS) is 1. The van der Waals surface area contributed by atoms with Gasteiger partial charge >= 0.3 is 5.97 Å². The lowest BCUT2D eigenvalue weighted by Crippen LogP contribution is -2.10. The van der Waals surface area contributed by atoms with E-state index >= 15 is 0 Å². The van der Waals surface area contributed by atoms with Crippen LogP contribution in [0.1, 0.15) is 26.3 Å². The fourth-order valence-electron chi connectivity index (χ4n) is 1.65. The highest BCUT2D eigenvalue weighted by Gasteiger charge is 2.18. The van der Waals surface area contributed by atoms with Gasteiger partial charge in [-0.25, -0.2) is 13.6 Å². The molecule has 2 aromatic rings. The summed E-state index contributed by atoms with van der Waals surface area (Å²) < 4.78 is 25.8. The fourth-order valence-corrected chi connectivity index (χ4v) is 1.65. The van der Waals surface area contributed by atoms with Crippen molar-refractivity contribution in [1.82, 2.24) is 0 Å². The zero-order valence-electron chi connectivity index (χ0n) is 9.56. The molecule has 0 spiro atoms. The van der Waals surface area contributed by atoms with Gasteiger partial charge in [0.05, 0.1) is 5.56 Å². The Kier molecular flexibility index (Phi) is 3.37. The van der Waals surface area contributed by atoms with E-state index in [2.05, 4.69) is 0 Å². The molecule has 0 fully saturated rings. The Bertz CT molecular complexity index is 648. The van der Waals surface area contributed by atoms with Crippen LogP contribution in [0.25, 0.3) is 0 Å². The van der Waals surface area contributed by atoms with Crippen LogP contribution < -0.4 is 0 Å². The topological polar surface area (TPSA) is 54.4 Å². The smallest absolute Gasteiger partial charge is 0.336 e. The first-order chi connectivity index (χ1) is 8.99. The number of hydrogen-bond acceptors (Lipinski definition) is 2. The molecule has 0 saturated carbocycles. The zero-order chi connectivity index (χ0) is 14.0. The molecule has 5 heteroatoms. The molecule has 0 amide bonds. The second-order valence-electron chi connectivity index (χ2n) is 3.83. The van der Waals surface area contributed by atoms with Gasteiger partial charge in [0.25, 0.3) is 0 Å². The number of carboxylic acids is 1. The molecule has 0 saturated heterocycles. The van der Waals surface area contributed by atoms with Crippen LogP contribution >= 0.6 is 0 Å². The van der Waals surface area contributed by atoms with Crippen molar-refractivity contribution in [3.63, 3.8) is 0 Å². The summed E-state index contributed by atoms with van der Waals surface area (Å²) in [4.78, 5) is 23.1. The summed E-state index contributed by atoms with van der Waals surface area (Å²) in [6.07, 6.45) is 0. The molecule has 0 radical (unpaired) electrons. The highest BCUT2D eigenvalue weighted by Crippen LogP contribution is 2.17. The minimum atomic E-state index is -1.40. The third kappa shape index (κ3) is 2.65. The number of halogens is 2. The molecule has 96 valence electrons. The molecule has 0 heterocycles. The van der Waals surface area contributed by atoms with Gasteiger partial charge < -0.3 is 5.11 Å². The number of carbonyl (C=O) groups is 2. The Morgan fingerprint density at radius 1 is 0.842 bits per heavy atom. The van der Waals surface area contributed by atoms with Crippen LogP contribution in [0.4, 0.5) is 8.78 Å². The van der Waals surface area contributed by atoms with E-state index < -0.39 is 29.0 Å². The Morgan fingerprint density at radius 2 is 1.42 bits per heavy atom. The molecular formula is C14H8F2O3. The highest BCUT2D eigenvalue weighted by atomic mass is 19.1. The summed E-state index contributed by atoms with van der Waals surface area (Å²) in [7, 11) is 0. The van der Waals surface area contributed by atoms with Crippen molar-refractivity contribution in [1.29, 1.82) is 0 Å². The molecule has 0 unspecified atom stereocenters. The summed E-state index contributed by atoms with van der Waals surface area (Å²) in [6.45, 7) is 0. The first-order valence-corrected chi connectivity index (χ1v) is 5.32. The minimum Gasteiger partial charge on any atom is -0.478 e. The Morgan fingerprint density at radius 3 is 2.00 bits per heavy atom. The standard InChI is InChI=1S/C14H8F2O3/c15-9-3-1-8(2-4-9)13(17)11-6-5-10(16)7-12(11)14(18)19/h1-7H,(H,18,19). The van der Waals surface area contributed by atoms with Gasteiger partial charge in [0, 0.05) is 11.1 Å². The number of carbonyl (C=O) groups excluding carboxylic acids is 1. The van der Waals surface area contributed by atoms with Crippen molar-refractivity contribution in [3.8, 4) is 0 Å². The molecule has 0 aromatic heterocycles. The van der Waals surface area contributed by atoms with Gasteiger partial charge in [-0.05, 0) is 42.5 Å². The predicted octanol–water partition coefficient (Wildman–Crippen LogP) is 2.89. The van der Waals surface area contributed by atoms with Crippen molar-refractivity contribution >= 4 is 11.8 Å². The second kappa shape index (κ2) is 4.97. The van der Waals surface area contributed by atoms with E-state index in [9.17, 15) is 18.4 Å². The van der Waals surface area contributed by atoms with E-state index in [0.717, 1.165) is 30.3 Å². The third-order valence-electron chi connectivity index (χ3n) is 2.56. The van der Waals surface area contributed by atoms with Crippen LogP contribution in [0.3, 0.4) is 0 Å². The first kappa shape index (κ1) is 12.9. The zero-order valence-corrected chi connectivity index (χ0v) is 9.56. The largest absolute Gasteiger partial charge is 0.478 e.